The lowest BCUT2D eigenvalue weighted by Gasteiger charge is -2.33. The van der Waals surface area contributed by atoms with Crippen LogP contribution in [0.15, 0.2) is 41.3 Å². The largest absolute Gasteiger partial charge is 0.369 e. The van der Waals surface area contributed by atoms with Crippen LogP contribution in [0, 0.1) is 6.92 Å². The van der Waals surface area contributed by atoms with Gasteiger partial charge in [0.15, 0.2) is 0 Å². The van der Waals surface area contributed by atoms with Gasteiger partial charge in [0.05, 0.1) is 0 Å². The normalized spacial score (nSPS) is 15.6. The molecule has 1 amide bonds. The Hall–Kier alpha value is -3.65. The van der Waals surface area contributed by atoms with E-state index in [-0.39, 0.29) is 18.0 Å². The Morgan fingerprint density at radius 3 is 2.51 bits per heavy atom. The number of hydrogen-bond acceptors (Lipinski definition) is 6. The van der Waals surface area contributed by atoms with Gasteiger partial charge in [0.1, 0.15) is 5.82 Å². The van der Waals surface area contributed by atoms with Crippen LogP contribution < -0.4 is 20.7 Å². The highest BCUT2D eigenvalue weighted by Gasteiger charge is 2.27. The summed E-state index contributed by atoms with van der Waals surface area (Å²) >= 11 is 0. The summed E-state index contributed by atoms with van der Waals surface area (Å²) < 4.78 is 0. The van der Waals surface area contributed by atoms with Crippen molar-refractivity contribution in [2.24, 2.45) is 0 Å². The number of aromatic amines is 1. The van der Waals surface area contributed by atoms with Crippen LogP contribution in [0.5, 0.6) is 0 Å². The topological polar surface area (TPSA) is 84.6 Å². The quantitative estimate of drug-likeness (QED) is 0.486. The van der Waals surface area contributed by atoms with Gasteiger partial charge in [-0.25, -0.2) is 4.98 Å². The van der Waals surface area contributed by atoms with Crippen LogP contribution >= 0.6 is 0 Å². The molecule has 0 aliphatic carbocycles. The standard InChI is InChI=1S/C31H40N6O2/c1-6-22-15-21(4)34-31(39)27(22)19-33-30(38)26-16-24(17-28-25(26)9-10-37(28)20(2)3)23-7-8-29(32-18-23)36-13-11-35(5)12-14-36/h7-8,15-18,20H,6,9-14,19H2,1-5H3,(H,33,38)(H,34,39). The van der Waals surface area contributed by atoms with Gasteiger partial charge >= 0.3 is 0 Å². The highest BCUT2D eigenvalue weighted by atomic mass is 16.1. The van der Waals surface area contributed by atoms with Gasteiger partial charge < -0.3 is 25.0 Å². The van der Waals surface area contributed by atoms with Crippen molar-refractivity contribution in [1.82, 2.24) is 20.2 Å². The lowest BCUT2D eigenvalue weighted by atomic mass is 9.97. The summed E-state index contributed by atoms with van der Waals surface area (Å²) in [5, 5.41) is 3.05. The molecule has 2 aromatic heterocycles. The number of carbonyl (C=O) groups is 1. The van der Waals surface area contributed by atoms with E-state index in [1.807, 2.05) is 32.2 Å². The van der Waals surface area contributed by atoms with Crippen molar-refractivity contribution in [2.45, 2.75) is 53.1 Å². The molecule has 5 rings (SSSR count). The summed E-state index contributed by atoms with van der Waals surface area (Å²) in [5.74, 6) is 0.840. The molecule has 3 aromatic rings. The molecule has 1 saturated heterocycles. The predicted molar refractivity (Wildman–Crippen MR) is 158 cm³/mol. The van der Waals surface area contributed by atoms with E-state index in [1.54, 1.807) is 0 Å². The number of nitrogens with zero attached hydrogens (tertiary/aromatic N) is 4. The van der Waals surface area contributed by atoms with Crippen molar-refractivity contribution < 1.29 is 4.79 Å². The first-order chi connectivity index (χ1) is 18.7. The van der Waals surface area contributed by atoms with Gasteiger partial charge in [0.25, 0.3) is 11.5 Å². The number of amides is 1. The van der Waals surface area contributed by atoms with E-state index in [9.17, 15) is 9.59 Å². The summed E-state index contributed by atoms with van der Waals surface area (Å²) in [6.45, 7) is 13.4. The van der Waals surface area contributed by atoms with Gasteiger partial charge in [0.2, 0.25) is 0 Å². The number of piperazine rings is 1. The molecule has 0 saturated carbocycles. The second-order valence-corrected chi connectivity index (χ2v) is 11.1. The summed E-state index contributed by atoms with van der Waals surface area (Å²) in [7, 11) is 2.15. The highest BCUT2D eigenvalue weighted by molar-refractivity contribution is 5.99. The summed E-state index contributed by atoms with van der Waals surface area (Å²) in [4.78, 5) is 41.0. The van der Waals surface area contributed by atoms with E-state index in [1.165, 1.54) is 0 Å². The average Bonchev–Trinajstić information content (AvgIpc) is 3.36. The molecule has 206 valence electrons. The number of aromatic nitrogens is 2. The second kappa shape index (κ2) is 11.2. The zero-order chi connectivity index (χ0) is 27.7. The molecule has 0 unspecified atom stereocenters. The number of likely N-dealkylation sites (N-methyl/N-ethyl adjacent to an activating group) is 1. The highest BCUT2D eigenvalue weighted by Crippen LogP contribution is 2.37. The minimum Gasteiger partial charge on any atom is -0.369 e. The Bertz CT molecular complexity index is 1400. The number of carbonyl (C=O) groups excluding carboxylic acids is 1. The number of aryl methyl sites for hydroxylation is 2. The van der Waals surface area contributed by atoms with Gasteiger partial charge in [-0.3, -0.25) is 9.59 Å². The van der Waals surface area contributed by atoms with Crippen molar-refractivity contribution >= 4 is 17.4 Å². The van der Waals surface area contributed by atoms with Crippen molar-refractivity contribution in [3.63, 3.8) is 0 Å². The molecule has 0 spiro atoms. The molecule has 2 aliphatic heterocycles. The van der Waals surface area contributed by atoms with Gasteiger partial charge in [-0.1, -0.05) is 6.92 Å². The van der Waals surface area contributed by atoms with Crippen molar-refractivity contribution in [3.05, 3.63) is 74.8 Å². The number of nitrogens with one attached hydrogen (secondary N) is 2. The molecular weight excluding hydrogens is 488 g/mol. The maximum atomic E-state index is 13.6. The fourth-order valence-corrected chi connectivity index (χ4v) is 5.77. The van der Waals surface area contributed by atoms with Crippen LogP contribution in [0.4, 0.5) is 11.5 Å². The first-order valence-electron chi connectivity index (χ1n) is 14.1. The first-order valence-corrected chi connectivity index (χ1v) is 14.1. The number of hydrogen-bond donors (Lipinski definition) is 2. The Morgan fingerprint density at radius 2 is 1.85 bits per heavy atom. The lowest BCUT2D eigenvalue weighted by Crippen LogP contribution is -2.44. The van der Waals surface area contributed by atoms with Gasteiger partial charge in [-0.05, 0) is 87.7 Å². The second-order valence-electron chi connectivity index (χ2n) is 11.1. The summed E-state index contributed by atoms with van der Waals surface area (Å²) in [5.41, 5.74) is 7.11. The van der Waals surface area contributed by atoms with Crippen molar-refractivity contribution in [2.75, 3.05) is 49.6 Å². The Labute approximate surface area is 231 Å². The molecule has 2 N–H and O–H groups in total. The number of rotatable bonds is 7. The van der Waals surface area contributed by atoms with E-state index in [4.69, 9.17) is 4.98 Å². The predicted octanol–water partition coefficient (Wildman–Crippen LogP) is 3.76. The molecular formula is C31H40N6O2. The van der Waals surface area contributed by atoms with Crippen LogP contribution in [0.1, 0.15) is 53.5 Å². The van der Waals surface area contributed by atoms with Crippen LogP contribution in [0.3, 0.4) is 0 Å². The number of benzene rings is 1. The fraction of sp³-hybridized carbons (Fsp3) is 0.452. The zero-order valence-corrected chi connectivity index (χ0v) is 23.8. The number of H-pyrrole nitrogens is 1. The molecule has 2 aliphatic rings. The zero-order valence-electron chi connectivity index (χ0n) is 23.8. The molecule has 1 aromatic carbocycles. The maximum Gasteiger partial charge on any atom is 0.253 e. The van der Waals surface area contributed by atoms with Crippen molar-refractivity contribution in [3.8, 4) is 11.1 Å². The van der Waals surface area contributed by atoms with Crippen LogP contribution in [-0.2, 0) is 19.4 Å². The fourth-order valence-electron chi connectivity index (χ4n) is 5.77. The van der Waals surface area contributed by atoms with E-state index >= 15 is 0 Å². The summed E-state index contributed by atoms with van der Waals surface area (Å²) in [6.07, 6.45) is 3.48. The van der Waals surface area contributed by atoms with Crippen LogP contribution in [-0.4, -0.2) is 66.6 Å². The molecule has 0 radical (unpaired) electrons. The Kier molecular flexibility index (Phi) is 7.75. The molecule has 39 heavy (non-hydrogen) atoms. The van der Waals surface area contributed by atoms with E-state index in [0.717, 1.165) is 85.0 Å². The molecule has 4 heterocycles. The maximum absolute atomic E-state index is 13.6. The van der Waals surface area contributed by atoms with E-state index in [2.05, 4.69) is 64.1 Å². The Morgan fingerprint density at radius 1 is 1.08 bits per heavy atom. The lowest BCUT2D eigenvalue weighted by molar-refractivity contribution is 0.0950. The van der Waals surface area contributed by atoms with E-state index in [0.29, 0.717) is 17.2 Å². The third-order valence-corrected chi connectivity index (χ3v) is 8.08. The Balaban J connectivity index is 1.45. The van der Waals surface area contributed by atoms with Crippen molar-refractivity contribution in [1.29, 1.82) is 0 Å². The molecule has 8 nitrogen and oxygen atoms in total. The number of anilines is 2. The monoisotopic (exact) mass is 528 g/mol. The number of fused-ring (bicyclic) bond motifs is 1. The minimum absolute atomic E-state index is 0.136. The summed E-state index contributed by atoms with van der Waals surface area (Å²) in [6, 6.07) is 10.7. The molecule has 0 bridgehead atoms. The van der Waals surface area contributed by atoms with Gasteiger partial charge in [-0.2, -0.15) is 0 Å². The average molecular weight is 529 g/mol. The third kappa shape index (κ3) is 5.57. The SMILES string of the molecule is CCc1cc(C)[nH]c(=O)c1CNC(=O)c1cc(-c2ccc(N3CCN(C)CC3)nc2)cc2c1CCN2C(C)C. The minimum atomic E-state index is -0.150. The molecule has 0 atom stereocenters. The number of pyridine rings is 2. The third-order valence-electron chi connectivity index (χ3n) is 8.08. The van der Waals surface area contributed by atoms with Gasteiger partial charge in [0, 0.05) is 79.6 Å². The van der Waals surface area contributed by atoms with Gasteiger partial charge in [-0.15, -0.1) is 0 Å². The van der Waals surface area contributed by atoms with Crippen LogP contribution in [0.25, 0.3) is 11.1 Å². The smallest absolute Gasteiger partial charge is 0.253 e. The molecule has 1 fully saturated rings. The van der Waals surface area contributed by atoms with E-state index < -0.39 is 0 Å². The first kappa shape index (κ1) is 26.9. The van der Waals surface area contributed by atoms with Crippen LogP contribution in [0.2, 0.25) is 0 Å². The molecule has 8 heteroatoms.